The highest BCUT2D eigenvalue weighted by Crippen LogP contribution is 2.11. The minimum atomic E-state index is -0.240. The Hall–Kier alpha value is -0.880. The fourth-order valence-electron chi connectivity index (χ4n) is 2.39. The van der Waals surface area contributed by atoms with Crippen LogP contribution in [0, 0.1) is 5.82 Å². The first-order chi connectivity index (χ1) is 9.79. The quantitative estimate of drug-likeness (QED) is 0.755. The van der Waals surface area contributed by atoms with Gasteiger partial charge in [0.25, 0.3) is 0 Å². The summed E-state index contributed by atoms with van der Waals surface area (Å²) in [5.41, 5.74) is 0. The van der Waals surface area contributed by atoms with Crippen LogP contribution < -0.4 is 15.4 Å². The van der Waals surface area contributed by atoms with Crippen LogP contribution in [0.15, 0.2) is 24.3 Å². The summed E-state index contributed by atoms with van der Waals surface area (Å²) in [5, 5.41) is 6.84. The topological polar surface area (TPSA) is 42.5 Å². The van der Waals surface area contributed by atoms with Gasteiger partial charge in [0.1, 0.15) is 11.6 Å². The fraction of sp³-hybridized carbons (Fsp3) is 0.600. The van der Waals surface area contributed by atoms with Crippen molar-refractivity contribution in [3.05, 3.63) is 30.1 Å². The molecule has 21 heavy (non-hydrogen) atoms. The third-order valence-corrected chi connectivity index (χ3v) is 3.54. The van der Waals surface area contributed by atoms with Gasteiger partial charge >= 0.3 is 0 Å². The summed E-state index contributed by atoms with van der Waals surface area (Å²) in [6.07, 6.45) is 2.23. The van der Waals surface area contributed by atoms with Crippen LogP contribution in [-0.2, 0) is 4.74 Å². The van der Waals surface area contributed by atoms with Crippen LogP contribution in [0.3, 0.4) is 0 Å². The summed E-state index contributed by atoms with van der Waals surface area (Å²) >= 11 is 0. The summed E-state index contributed by atoms with van der Waals surface area (Å²) in [6.45, 7) is 3.46. The first-order valence-electron chi connectivity index (χ1n) is 7.15. The van der Waals surface area contributed by atoms with E-state index in [9.17, 15) is 4.39 Å². The molecule has 2 unspecified atom stereocenters. The van der Waals surface area contributed by atoms with Crippen LogP contribution in [-0.4, -0.2) is 45.5 Å². The molecule has 1 aliphatic rings. The summed E-state index contributed by atoms with van der Waals surface area (Å²) in [5.74, 6) is 0.471. The maximum absolute atomic E-state index is 12.7. The lowest BCUT2D eigenvalue weighted by atomic mass is 10.0. The summed E-state index contributed by atoms with van der Waals surface area (Å²) in [7, 11) is 1.75. The molecule has 0 spiro atoms. The molecule has 1 aromatic carbocycles. The highest BCUT2D eigenvalue weighted by molar-refractivity contribution is 5.85. The molecule has 0 radical (unpaired) electrons. The number of piperidine rings is 1. The molecule has 120 valence electrons. The molecule has 0 bridgehead atoms. The van der Waals surface area contributed by atoms with Crippen LogP contribution in [0.5, 0.6) is 5.75 Å². The second-order valence-electron chi connectivity index (χ2n) is 4.98. The zero-order chi connectivity index (χ0) is 14.2. The van der Waals surface area contributed by atoms with E-state index < -0.39 is 0 Å². The van der Waals surface area contributed by atoms with Crippen molar-refractivity contribution in [2.75, 3.05) is 33.4 Å². The van der Waals surface area contributed by atoms with Gasteiger partial charge < -0.3 is 20.1 Å². The van der Waals surface area contributed by atoms with E-state index in [1.165, 1.54) is 12.1 Å². The SMILES string of the molecule is COC1CNCCC1NCCCOc1ccc(F)cc1.Cl. The second-order valence-corrected chi connectivity index (χ2v) is 4.98. The number of benzene rings is 1. The molecule has 0 aromatic heterocycles. The molecular weight excluding hydrogens is 295 g/mol. The van der Waals surface area contributed by atoms with Crippen LogP contribution in [0.4, 0.5) is 4.39 Å². The monoisotopic (exact) mass is 318 g/mol. The predicted octanol–water partition coefficient (Wildman–Crippen LogP) is 1.98. The first-order valence-corrected chi connectivity index (χ1v) is 7.15. The second kappa shape index (κ2) is 9.95. The molecule has 1 fully saturated rings. The summed E-state index contributed by atoms with van der Waals surface area (Å²) in [6, 6.07) is 6.53. The molecule has 4 nitrogen and oxygen atoms in total. The Morgan fingerprint density at radius 1 is 1.33 bits per heavy atom. The Morgan fingerprint density at radius 2 is 2.10 bits per heavy atom. The average Bonchev–Trinajstić information content (AvgIpc) is 2.49. The standard InChI is InChI=1S/C15H23FN2O2.ClH/c1-19-15-11-17-9-7-14(15)18-8-2-10-20-13-5-3-12(16)4-6-13;/h3-6,14-15,17-18H,2,7-11H2,1H3;1H. The van der Waals surface area contributed by atoms with Crippen LogP contribution >= 0.6 is 12.4 Å². The molecule has 2 N–H and O–H groups in total. The van der Waals surface area contributed by atoms with E-state index in [0.29, 0.717) is 18.4 Å². The van der Waals surface area contributed by atoms with Crippen molar-refractivity contribution in [3.8, 4) is 5.75 Å². The van der Waals surface area contributed by atoms with Gasteiger partial charge in [-0.3, -0.25) is 0 Å². The zero-order valence-corrected chi connectivity index (χ0v) is 13.1. The smallest absolute Gasteiger partial charge is 0.123 e. The highest BCUT2D eigenvalue weighted by atomic mass is 35.5. The third kappa shape index (κ3) is 6.18. The van der Waals surface area contributed by atoms with Gasteiger partial charge in [0.05, 0.1) is 12.7 Å². The Kier molecular flexibility index (Phi) is 8.61. The molecule has 0 saturated carbocycles. The van der Waals surface area contributed by atoms with Gasteiger partial charge in [0, 0.05) is 19.7 Å². The van der Waals surface area contributed by atoms with Crippen molar-refractivity contribution in [1.82, 2.24) is 10.6 Å². The largest absolute Gasteiger partial charge is 0.494 e. The van der Waals surface area contributed by atoms with E-state index in [-0.39, 0.29) is 24.3 Å². The van der Waals surface area contributed by atoms with Crippen molar-refractivity contribution >= 4 is 12.4 Å². The molecule has 2 atom stereocenters. The van der Waals surface area contributed by atoms with Crippen molar-refractivity contribution in [1.29, 1.82) is 0 Å². The van der Waals surface area contributed by atoms with Gasteiger partial charge in [-0.2, -0.15) is 0 Å². The predicted molar refractivity (Wildman–Crippen MR) is 83.8 cm³/mol. The van der Waals surface area contributed by atoms with Crippen molar-refractivity contribution in [2.24, 2.45) is 0 Å². The highest BCUT2D eigenvalue weighted by Gasteiger charge is 2.23. The van der Waals surface area contributed by atoms with Gasteiger partial charge in [0.15, 0.2) is 0 Å². The third-order valence-electron chi connectivity index (χ3n) is 3.54. The first kappa shape index (κ1) is 18.2. The van der Waals surface area contributed by atoms with Crippen LogP contribution in [0.1, 0.15) is 12.8 Å². The lowest BCUT2D eigenvalue weighted by molar-refractivity contribution is 0.0515. The number of halogens is 2. The normalized spacial score (nSPS) is 21.6. The van der Waals surface area contributed by atoms with E-state index in [1.807, 2.05) is 0 Å². The van der Waals surface area contributed by atoms with E-state index in [4.69, 9.17) is 9.47 Å². The van der Waals surface area contributed by atoms with E-state index >= 15 is 0 Å². The van der Waals surface area contributed by atoms with Gasteiger partial charge in [-0.15, -0.1) is 12.4 Å². The van der Waals surface area contributed by atoms with Gasteiger partial charge in [-0.1, -0.05) is 0 Å². The molecule has 1 heterocycles. The van der Waals surface area contributed by atoms with Gasteiger partial charge in [-0.25, -0.2) is 4.39 Å². The van der Waals surface area contributed by atoms with E-state index in [2.05, 4.69) is 10.6 Å². The molecule has 0 amide bonds. The fourth-order valence-corrected chi connectivity index (χ4v) is 2.39. The maximum Gasteiger partial charge on any atom is 0.123 e. The van der Waals surface area contributed by atoms with Crippen molar-refractivity contribution in [2.45, 2.75) is 25.0 Å². The summed E-state index contributed by atoms with van der Waals surface area (Å²) in [4.78, 5) is 0. The average molecular weight is 319 g/mol. The van der Waals surface area contributed by atoms with E-state index in [1.54, 1.807) is 19.2 Å². The number of nitrogens with one attached hydrogen (secondary N) is 2. The van der Waals surface area contributed by atoms with Crippen molar-refractivity contribution < 1.29 is 13.9 Å². The minimum Gasteiger partial charge on any atom is -0.494 e. The molecule has 1 aromatic rings. The Balaban J connectivity index is 0.00000220. The van der Waals surface area contributed by atoms with Gasteiger partial charge in [0.2, 0.25) is 0 Å². The van der Waals surface area contributed by atoms with Gasteiger partial charge in [-0.05, 0) is 50.2 Å². The molecule has 6 heteroatoms. The molecular formula is C15H24ClFN2O2. The Morgan fingerprint density at radius 3 is 2.81 bits per heavy atom. The number of ether oxygens (including phenoxy) is 2. The van der Waals surface area contributed by atoms with Crippen LogP contribution in [0.2, 0.25) is 0 Å². The minimum absolute atomic E-state index is 0. The number of hydrogen-bond donors (Lipinski definition) is 2. The Labute approximate surface area is 131 Å². The Bertz CT molecular complexity index is 392. The van der Waals surface area contributed by atoms with E-state index in [0.717, 1.165) is 32.5 Å². The maximum atomic E-state index is 12.7. The molecule has 1 saturated heterocycles. The lowest BCUT2D eigenvalue weighted by Crippen LogP contribution is -2.52. The lowest BCUT2D eigenvalue weighted by Gasteiger charge is -2.31. The number of rotatable bonds is 7. The summed E-state index contributed by atoms with van der Waals surface area (Å²) < 4.78 is 23.7. The molecule has 2 rings (SSSR count). The molecule has 0 aliphatic carbocycles. The van der Waals surface area contributed by atoms with Crippen molar-refractivity contribution in [3.63, 3.8) is 0 Å². The number of methoxy groups -OCH3 is 1. The van der Waals surface area contributed by atoms with Crippen LogP contribution in [0.25, 0.3) is 0 Å². The molecule has 1 aliphatic heterocycles. The number of hydrogen-bond acceptors (Lipinski definition) is 4. The zero-order valence-electron chi connectivity index (χ0n) is 12.3.